The van der Waals surface area contributed by atoms with Crippen LogP contribution in [0.1, 0.15) is 42.1 Å². The molecule has 0 N–H and O–H groups in total. The molecule has 3 atom stereocenters. The summed E-state index contributed by atoms with van der Waals surface area (Å²) in [5, 5.41) is 12.8. The fraction of sp³-hybridized carbons (Fsp3) is 0.348. The zero-order chi connectivity index (χ0) is 23.0. The number of benzene rings is 2. The van der Waals surface area contributed by atoms with Crippen LogP contribution in [0.2, 0.25) is 0 Å². The second-order valence-corrected chi connectivity index (χ2v) is 8.38. The van der Waals surface area contributed by atoms with Gasteiger partial charge in [0.1, 0.15) is 5.82 Å². The molecule has 9 heteroatoms. The van der Waals surface area contributed by atoms with E-state index in [9.17, 15) is 28.9 Å². The van der Waals surface area contributed by atoms with E-state index in [1.54, 1.807) is 6.07 Å². The van der Waals surface area contributed by atoms with Gasteiger partial charge >= 0.3 is 0 Å². The predicted octanol–water partition coefficient (Wildman–Crippen LogP) is 3.71. The van der Waals surface area contributed by atoms with E-state index in [4.69, 9.17) is 0 Å². The van der Waals surface area contributed by atoms with Gasteiger partial charge in [-0.1, -0.05) is 25.1 Å². The summed E-state index contributed by atoms with van der Waals surface area (Å²) in [7, 11) is 0. The van der Waals surface area contributed by atoms with Crippen molar-refractivity contribution in [2.45, 2.75) is 32.7 Å². The molecule has 0 aromatic heterocycles. The Morgan fingerprint density at radius 1 is 1.09 bits per heavy atom. The summed E-state index contributed by atoms with van der Waals surface area (Å²) < 4.78 is 14.4. The number of imide groups is 1. The minimum Gasteiger partial charge on any atom is -0.272 e. The van der Waals surface area contributed by atoms with E-state index in [0.717, 1.165) is 16.4 Å². The number of nitro benzene ring substituents is 1. The molecular formula is C23H22FN3O5. The number of fused-ring (bicyclic) bond motifs is 1. The zero-order valence-electron chi connectivity index (χ0n) is 17.4. The van der Waals surface area contributed by atoms with Crippen molar-refractivity contribution in [2.24, 2.45) is 17.8 Å². The van der Waals surface area contributed by atoms with Crippen LogP contribution in [0.4, 0.5) is 10.1 Å². The van der Waals surface area contributed by atoms with Crippen molar-refractivity contribution in [3.05, 3.63) is 75.6 Å². The van der Waals surface area contributed by atoms with E-state index in [-0.39, 0.29) is 23.4 Å². The van der Waals surface area contributed by atoms with Crippen LogP contribution in [-0.2, 0) is 16.1 Å². The number of hydrogen-bond donors (Lipinski definition) is 0. The van der Waals surface area contributed by atoms with E-state index in [0.29, 0.717) is 18.8 Å². The largest absolute Gasteiger partial charge is 0.273 e. The van der Waals surface area contributed by atoms with E-state index < -0.39 is 40.3 Å². The highest BCUT2D eigenvalue weighted by atomic mass is 19.1. The summed E-state index contributed by atoms with van der Waals surface area (Å²) in [5.41, 5.74) is -0.00193. The van der Waals surface area contributed by atoms with Crippen molar-refractivity contribution in [2.75, 3.05) is 0 Å². The van der Waals surface area contributed by atoms with Gasteiger partial charge in [-0.3, -0.25) is 24.5 Å². The summed E-state index contributed by atoms with van der Waals surface area (Å²) in [5.74, 6) is -2.91. The van der Waals surface area contributed by atoms with Crippen molar-refractivity contribution in [1.82, 2.24) is 10.0 Å². The first-order valence-electron chi connectivity index (χ1n) is 10.5. The molecule has 0 spiro atoms. The first kappa shape index (κ1) is 21.6. The number of rotatable bonds is 5. The normalized spacial score (nSPS) is 22.6. The SMILES string of the molecule is C[C@@H]1CC[C@@H]2C(=O)N(N(Cc3ccccc3F)C(=O)c3ccc([N+](=O)[O-])cc3)C(=O)[C@@H]2C1. The molecule has 166 valence electrons. The Balaban J connectivity index is 1.71. The number of non-ortho nitro benzene ring substituents is 1. The summed E-state index contributed by atoms with van der Waals surface area (Å²) >= 11 is 0. The number of carbonyl (C=O) groups excluding carboxylic acids is 3. The first-order chi connectivity index (χ1) is 15.3. The molecule has 2 aromatic carbocycles. The predicted molar refractivity (Wildman–Crippen MR) is 111 cm³/mol. The van der Waals surface area contributed by atoms with Crippen molar-refractivity contribution in [3.8, 4) is 0 Å². The van der Waals surface area contributed by atoms with Gasteiger partial charge in [-0.25, -0.2) is 9.40 Å². The quantitative estimate of drug-likeness (QED) is 0.402. The smallest absolute Gasteiger partial charge is 0.272 e. The van der Waals surface area contributed by atoms with Crippen LogP contribution in [0.5, 0.6) is 0 Å². The van der Waals surface area contributed by atoms with Crippen molar-refractivity contribution in [1.29, 1.82) is 0 Å². The molecule has 1 aliphatic carbocycles. The van der Waals surface area contributed by atoms with Crippen LogP contribution >= 0.6 is 0 Å². The average Bonchev–Trinajstić information content (AvgIpc) is 3.02. The highest BCUT2D eigenvalue weighted by molar-refractivity contribution is 6.07. The van der Waals surface area contributed by atoms with E-state index >= 15 is 0 Å². The maximum atomic E-state index is 14.4. The van der Waals surface area contributed by atoms with Gasteiger partial charge in [0.2, 0.25) is 0 Å². The molecule has 2 aromatic rings. The molecule has 0 unspecified atom stereocenters. The van der Waals surface area contributed by atoms with E-state index in [1.165, 1.54) is 42.5 Å². The Hall–Kier alpha value is -3.62. The Kier molecular flexibility index (Phi) is 5.73. The number of nitro groups is 1. The Labute approximate surface area is 183 Å². The van der Waals surface area contributed by atoms with Crippen molar-refractivity contribution >= 4 is 23.4 Å². The summed E-state index contributed by atoms with van der Waals surface area (Å²) in [6.07, 6.45) is 1.94. The maximum absolute atomic E-state index is 14.4. The monoisotopic (exact) mass is 439 g/mol. The van der Waals surface area contributed by atoms with Gasteiger partial charge in [0.05, 0.1) is 23.3 Å². The third kappa shape index (κ3) is 3.86. The van der Waals surface area contributed by atoms with Crippen LogP contribution < -0.4 is 0 Å². The van der Waals surface area contributed by atoms with Crippen molar-refractivity contribution < 1.29 is 23.7 Å². The Morgan fingerprint density at radius 2 is 1.75 bits per heavy atom. The van der Waals surface area contributed by atoms with Crippen LogP contribution in [0.3, 0.4) is 0 Å². The van der Waals surface area contributed by atoms with Crippen LogP contribution in [0, 0.1) is 33.7 Å². The maximum Gasteiger partial charge on any atom is 0.273 e. The van der Waals surface area contributed by atoms with Gasteiger partial charge in [-0.2, -0.15) is 5.01 Å². The Bertz CT molecular complexity index is 1090. The standard InChI is InChI=1S/C23H22FN3O5/c1-14-6-11-18-19(12-14)23(30)26(22(18)29)25(13-16-4-2-3-5-20(16)24)21(28)15-7-9-17(10-8-15)27(31)32/h2-5,7-10,14,18-19H,6,11-13H2,1H3/t14-,18+,19-/m1/s1. The lowest BCUT2D eigenvalue weighted by atomic mass is 9.76. The second-order valence-electron chi connectivity index (χ2n) is 8.38. The number of halogens is 1. The molecule has 1 saturated heterocycles. The lowest BCUT2D eigenvalue weighted by Gasteiger charge is -2.30. The average molecular weight is 439 g/mol. The fourth-order valence-corrected chi connectivity index (χ4v) is 4.51. The molecule has 1 saturated carbocycles. The lowest BCUT2D eigenvalue weighted by molar-refractivity contribution is -0.384. The molecule has 1 aliphatic heterocycles. The van der Waals surface area contributed by atoms with E-state index in [1.807, 2.05) is 6.92 Å². The lowest BCUT2D eigenvalue weighted by Crippen LogP contribution is -2.50. The molecule has 0 radical (unpaired) electrons. The van der Waals surface area contributed by atoms with Crippen LogP contribution in [0.15, 0.2) is 48.5 Å². The van der Waals surface area contributed by atoms with Gasteiger partial charge in [-0.05, 0) is 43.4 Å². The molecule has 2 fully saturated rings. The molecular weight excluding hydrogens is 417 g/mol. The minimum absolute atomic E-state index is 0.0516. The zero-order valence-corrected chi connectivity index (χ0v) is 17.4. The van der Waals surface area contributed by atoms with Crippen LogP contribution in [0.25, 0.3) is 0 Å². The Morgan fingerprint density at radius 3 is 2.41 bits per heavy atom. The highest BCUT2D eigenvalue weighted by Gasteiger charge is 2.52. The molecule has 8 nitrogen and oxygen atoms in total. The minimum atomic E-state index is -0.712. The number of nitrogens with zero attached hydrogens (tertiary/aromatic N) is 3. The van der Waals surface area contributed by atoms with Gasteiger partial charge in [0, 0.05) is 23.3 Å². The topological polar surface area (TPSA) is 101 Å². The summed E-state index contributed by atoms with van der Waals surface area (Å²) in [4.78, 5) is 50.1. The number of hydrogen-bond acceptors (Lipinski definition) is 5. The molecule has 32 heavy (non-hydrogen) atoms. The summed E-state index contributed by atoms with van der Waals surface area (Å²) in [6.45, 7) is 1.70. The molecule has 4 rings (SSSR count). The summed E-state index contributed by atoms with van der Waals surface area (Å²) in [6, 6.07) is 10.7. The number of carbonyl (C=O) groups is 3. The van der Waals surface area contributed by atoms with Gasteiger partial charge in [-0.15, -0.1) is 0 Å². The molecule has 1 heterocycles. The molecule has 0 bridgehead atoms. The van der Waals surface area contributed by atoms with E-state index in [2.05, 4.69) is 0 Å². The van der Waals surface area contributed by atoms with Gasteiger partial charge in [0.25, 0.3) is 23.4 Å². The fourth-order valence-electron chi connectivity index (χ4n) is 4.51. The van der Waals surface area contributed by atoms with Gasteiger partial charge < -0.3 is 0 Å². The van der Waals surface area contributed by atoms with Crippen molar-refractivity contribution in [3.63, 3.8) is 0 Å². The second kappa shape index (κ2) is 8.49. The number of amides is 3. The van der Waals surface area contributed by atoms with Gasteiger partial charge in [0.15, 0.2) is 0 Å². The number of hydrazine groups is 1. The molecule has 3 amide bonds. The third-order valence-electron chi connectivity index (χ3n) is 6.24. The first-order valence-corrected chi connectivity index (χ1v) is 10.5. The van der Waals surface area contributed by atoms with Crippen LogP contribution in [-0.4, -0.2) is 32.7 Å². The highest BCUT2D eigenvalue weighted by Crippen LogP contribution is 2.41. The third-order valence-corrected chi connectivity index (χ3v) is 6.24. The molecule has 2 aliphatic rings.